The Kier molecular flexibility index (Phi) is 3.59. The van der Waals surface area contributed by atoms with Crippen LogP contribution in [0, 0.1) is 17.6 Å². The van der Waals surface area contributed by atoms with Gasteiger partial charge >= 0.3 is 0 Å². The van der Waals surface area contributed by atoms with E-state index in [1.807, 2.05) is 4.90 Å². The number of halogens is 2. The van der Waals surface area contributed by atoms with Gasteiger partial charge in [0.15, 0.2) is 5.82 Å². The van der Waals surface area contributed by atoms with Crippen molar-refractivity contribution in [1.82, 2.24) is 15.2 Å². The molecule has 5 nitrogen and oxygen atoms in total. The topological polar surface area (TPSA) is 70.8 Å². The maximum Gasteiger partial charge on any atom is 0.245 e. The van der Waals surface area contributed by atoms with Gasteiger partial charge in [-0.15, -0.1) is 5.10 Å². The predicted octanol–water partition coefficient (Wildman–Crippen LogP) is 1.92. The molecule has 1 fully saturated rings. The summed E-state index contributed by atoms with van der Waals surface area (Å²) >= 11 is 0. The Balaban J connectivity index is 1.87. The van der Waals surface area contributed by atoms with Crippen LogP contribution in [0.1, 0.15) is 13.3 Å². The highest BCUT2D eigenvalue weighted by Crippen LogP contribution is 2.25. The SMILES string of the molecule is CC1CCN(c2n[nH]c(-c3c(F)cccc3F)n2)CC1N. The number of hydrogen-bond acceptors (Lipinski definition) is 4. The average Bonchev–Trinajstić information content (AvgIpc) is 2.91. The van der Waals surface area contributed by atoms with Crippen molar-refractivity contribution in [3.63, 3.8) is 0 Å². The number of hydrogen-bond donors (Lipinski definition) is 2. The van der Waals surface area contributed by atoms with E-state index in [0.717, 1.165) is 13.0 Å². The van der Waals surface area contributed by atoms with Crippen molar-refractivity contribution in [2.24, 2.45) is 11.7 Å². The molecule has 1 aromatic carbocycles. The van der Waals surface area contributed by atoms with E-state index in [9.17, 15) is 8.78 Å². The molecule has 0 saturated carbocycles. The molecular weight excluding hydrogens is 276 g/mol. The molecule has 2 unspecified atom stereocenters. The van der Waals surface area contributed by atoms with E-state index in [-0.39, 0.29) is 17.4 Å². The van der Waals surface area contributed by atoms with Crippen LogP contribution in [-0.2, 0) is 0 Å². The maximum absolute atomic E-state index is 13.7. The summed E-state index contributed by atoms with van der Waals surface area (Å²) < 4.78 is 27.5. The zero-order chi connectivity index (χ0) is 15.0. The summed E-state index contributed by atoms with van der Waals surface area (Å²) in [4.78, 5) is 6.14. The minimum atomic E-state index is -0.665. The zero-order valence-electron chi connectivity index (χ0n) is 11.7. The van der Waals surface area contributed by atoms with Gasteiger partial charge in [0, 0.05) is 19.1 Å². The molecule has 0 amide bonds. The van der Waals surface area contributed by atoms with Gasteiger partial charge in [-0.25, -0.2) is 8.78 Å². The van der Waals surface area contributed by atoms with Crippen LogP contribution in [0.3, 0.4) is 0 Å². The number of piperidine rings is 1. The van der Waals surface area contributed by atoms with Crippen LogP contribution >= 0.6 is 0 Å². The summed E-state index contributed by atoms with van der Waals surface area (Å²) in [5, 5.41) is 6.66. The highest BCUT2D eigenvalue weighted by molar-refractivity contribution is 5.58. The van der Waals surface area contributed by atoms with Crippen molar-refractivity contribution in [1.29, 1.82) is 0 Å². The largest absolute Gasteiger partial charge is 0.338 e. The summed E-state index contributed by atoms with van der Waals surface area (Å²) in [7, 11) is 0. The van der Waals surface area contributed by atoms with Crippen molar-refractivity contribution >= 4 is 5.95 Å². The lowest BCUT2D eigenvalue weighted by atomic mass is 9.95. The molecule has 2 heterocycles. The molecule has 1 aromatic heterocycles. The van der Waals surface area contributed by atoms with Gasteiger partial charge in [-0.1, -0.05) is 13.0 Å². The number of nitrogens with two attached hydrogens (primary N) is 1. The lowest BCUT2D eigenvalue weighted by Gasteiger charge is -2.34. The van der Waals surface area contributed by atoms with Gasteiger partial charge in [0.25, 0.3) is 0 Å². The molecular formula is C14H17F2N5. The number of rotatable bonds is 2. The molecule has 0 aliphatic carbocycles. The summed E-state index contributed by atoms with van der Waals surface area (Å²) in [5.41, 5.74) is 5.86. The number of benzene rings is 1. The third kappa shape index (κ3) is 2.61. The third-order valence-electron chi connectivity index (χ3n) is 3.97. The molecule has 3 rings (SSSR count). The molecule has 21 heavy (non-hydrogen) atoms. The fraction of sp³-hybridized carbons (Fsp3) is 0.429. The van der Waals surface area contributed by atoms with Crippen molar-refractivity contribution in [3.05, 3.63) is 29.8 Å². The van der Waals surface area contributed by atoms with Crippen LogP contribution in [-0.4, -0.2) is 34.3 Å². The van der Waals surface area contributed by atoms with Crippen molar-refractivity contribution in [2.75, 3.05) is 18.0 Å². The van der Waals surface area contributed by atoms with Gasteiger partial charge in [0.05, 0.1) is 5.56 Å². The average molecular weight is 293 g/mol. The molecule has 0 radical (unpaired) electrons. The van der Waals surface area contributed by atoms with Crippen LogP contribution in [0.15, 0.2) is 18.2 Å². The molecule has 2 aromatic rings. The molecule has 2 atom stereocenters. The Labute approximate surface area is 121 Å². The Morgan fingerprint density at radius 1 is 1.33 bits per heavy atom. The minimum absolute atomic E-state index is 0.0471. The lowest BCUT2D eigenvalue weighted by Crippen LogP contribution is -2.48. The maximum atomic E-state index is 13.7. The zero-order valence-corrected chi connectivity index (χ0v) is 11.7. The quantitative estimate of drug-likeness (QED) is 0.887. The Morgan fingerprint density at radius 2 is 2.05 bits per heavy atom. The summed E-state index contributed by atoms with van der Waals surface area (Å²) in [6.45, 7) is 3.53. The Hall–Kier alpha value is -2.02. The Morgan fingerprint density at radius 3 is 2.71 bits per heavy atom. The number of H-pyrrole nitrogens is 1. The van der Waals surface area contributed by atoms with Gasteiger partial charge in [-0.2, -0.15) is 4.98 Å². The first-order valence-electron chi connectivity index (χ1n) is 6.93. The molecule has 3 N–H and O–H groups in total. The second kappa shape index (κ2) is 5.40. The highest BCUT2D eigenvalue weighted by atomic mass is 19.1. The van der Waals surface area contributed by atoms with Crippen LogP contribution in [0.2, 0.25) is 0 Å². The van der Waals surface area contributed by atoms with E-state index in [2.05, 4.69) is 22.1 Å². The summed E-state index contributed by atoms with van der Waals surface area (Å²) in [6.07, 6.45) is 0.944. The van der Waals surface area contributed by atoms with E-state index in [1.165, 1.54) is 18.2 Å². The van der Waals surface area contributed by atoms with Gasteiger partial charge in [-0.3, -0.25) is 5.10 Å². The number of aromatic nitrogens is 3. The van der Waals surface area contributed by atoms with E-state index in [1.54, 1.807) is 0 Å². The van der Waals surface area contributed by atoms with Gasteiger partial charge in [-0.05, 0) is 24.5 Å². The predicted molar refractivity (Wildman–Crippen MR) is 75.7 cm³/mol. The van der Waals surface area contributed by atoms with E-state index in [0.29, 0.717) is 18.4 Å². The standard InChI is InChI=1S/C14H17F2N5/c1-8-5-6-21(7-11(8)17)14-18-13(19-20-14)12-9(15)3-2-4-10(12)16/h2-4,8,11H,5-7,17H2,1H3,(H,18,19,20). The van der Waals surface area contributed by atoms with E-state index in [4.69, 9.17) is 5.73 Å². The van der Waals surface area contributed by atoms with Crippen LogP contribution in [0.25, 0.3) is 11.4 Å². The summed E-state index contributed by atoms with van der Waals surface area (Å²) in [6, 6.07) is 3.75. The van der Waals surface area contributed by atoms with Crippen LogP contribution in [0.5, 0.6) is 0 Å². The second-order valence-electron chi connectivity index (χ2n) is 5.46. The first-order valence-corrected chi connectivity index (χ1v) is 6.93. The molecule has 112 valence electrons. The second-order valence-corrected chi connectivity index (χ2v) is 5.46. The molecule has 0 spiro atoms. The van der Waals surface area contributed by atoms with Crippen molar-refractivity contribution in [3.8, 4) is 11.4 Å². The fourth-order valence-corrected chi connectivity index (χ4v) is 2.51. The fourth-order valence-electron chi connectivity index (χ4n) is 2.51. The van der Waals surface area contributed by atoms with Crippen molar-refractivity contribution < 1.29 is 8.78 Å². The number of nitrogens with zero attached hydrogens (tertiary/aromatic N) is 3. The number of anilines is 1. The number of aromatic amines is 1. The Bertz CT molecular complexity index is 622. The first kappa shape index (κ1) is 13.9. The molecule has 0 bridgehead atoms. The van der Waals surface area contributed by atoms with Gasteiger partial charge in [0.2, 0.25) is 5.95 Å². The van der Waals surface area contributed by atoms with Gasteiger partial charge in [0.1, 0.15) is 11.6 Å². The van der Waals surface area contributed by atoms with E-state index < -0.39 is 11.6 Å². The lowest BCUT2D eigenvalue weighted by molar-refractivity contribution is 0.376. The molecule has 1 aliphatic heterocycles. The highest BCUT2D eigenvalue weighted by Gasteiger charge is 2.26. The molecule has 7 heteroatoms. The first-order chi connectivity index (χ1) is 10.1. The third-order valence-corrected chi connectivity index (χ3v) is 3.97. The van der Waals surface area contributed by atoms with Gasteiger partial charge < -0.3 is 10.6 Å². The van der Waals surface area contributed by atoms with Crippen molar-refractivity contribution in [2.45, 2.75) is 19.4 Å². The normalized spacial score (nSPS) is 22.6. The smallest absolute Gasteiger partial charge is 0.245 e. The van der Waals surface area contributed by atoms with E-state index >= 15 is 0 Å². The van der Waals surface area contributed by atoms with Crippen LogP contribution in [0.4, 0.5) is 14.7 Å². The minimum Gasteiger partial charge on any atom is -0.338 e. The summed E-state index contributed by atoms with van der Waals surface area (Å²) in [5.74, 6) is -0.366. The number of nitrogens with one attached hydrogen (secondary N) is 1. The van der Waals surface area contributed by atoms with Crippen LogP contribution < -0.4 is 10.6 Å². The monoisotopic (exact) mass is 293 g/mol. The molecule has 1 saturated heterocycles. The molecule has 1 aliphatic rings.